The van der Waals surface area contributed by atoms with E-state index in [4.69, 9.17) is 5.11 Å². The normalized spacial score (nSPS) is 23.3. The predicted molar refractivity (Wildman–Crippen MR) is 113 cm³/mol. The lowest BCUT2D eigenvalue weighted by atomic mass is 9.91. The number of piperidine rings is 2. The van der Waals surface area contributed by atoms with Gasteiger partial charge in [0.1, 0.15) is 0 Å². The van der Waals surface area contributed by atoms with Gasteiger partial charge in [0, 0.05) is 50.7 Å². The monoisotopic (exact) mass is 427 g/mol. The standard InChI is InChI=1S/C23H29N3O5/c27-20-14-18(15-26(20)19-4-2-1-3-5-19)22(29)25-10-6-16(7-11-25)21(28)24-12-8-17(9-13-24)23(30)31/h1-5,16-18H,6-15H2,(H,30,31). The first-order chi connectivity index (χ1) is 14.9. The van der Waals surface area contributed by atoms with Crippen LogP contribution in [-0.2, 0) is 19.2 Å². The van der Waals surface area contributed by atoms with Crippen LogP contribution in [0.1, 0.15) is 32.1 Å². The Kier molecular flexibility index (Phi) is 6.25. The van der Waals surface area contributed by atoms with Crippen molar-refractivity contribution in [2.45, 2.75) is 32.1 Å². The molecule has 1 aromatic rings. The van der Waals surface area contributed by atoms with Crippen molar-refractivity contribution in [3.05, 3.63) is 30.3 Å². The van der Waals surface area contributed by atoms with Gasteiger partial charge in [0.2, 0.25) is 17.7 Å². The average Bonchev–Trinajstić information content (AvgIpc) is 3.20. The van der Waals surface area contributed by atoms with Gasteiger partial charge in [-0.3, -0.25) is 19.2 Å². The minimum atomic E-state index is -0.782. The van der Waals surface area contributed by atoms with Gasteiger partial charge >= 0.3 is 5.97 Å². The van der Waals surface area contributed by atoms with E-state index in [1.54, 1.807) is 14.7 Å². The first kappa shape index (κ1) is 21.3. The number of carboxylic acid groups (broad SMARTS) is 1. The Balaban J connectivity index is 1.27. The first-order valence-corrected chi connectivity index (χ1v) is 11.1. The maximum Gasteiger partial charge on any atom is 0.306 e. The molecule has 31 heavy (non-hydrogen) atoms. The van der Waals surface area contributed by atoms with Crippen LogP contribution in [0.4, 0.5) is 5.69 Å². The van der Waals surface area contributed by atoms with Crippen molar-refractivity contribution in [3.63, 3.8) is 0 Å². The van der Waals surface area contributed by atoms with E-state index in [1.165, 1.54) is 0 Å². The van der Waals surface area contributed by atoms with Crippen LogP contribution >= 0.6 is 0 Å². The highest BCUT2D eigenvalue weighted by Crippen LogP contribution is 2.29. The Morgan fingerprint density at radius 3 is 1.84 bits per heavy atom. The summed E-state index contributed by atoms with van der Waals surface area (Å²) in [4.78, 5) is 54.6. The second-order valence-electron chi connectivity index (χ2n) is 8.78. The summed E-state index contributed by atoms with van der Waals surface area (Å²) in [7, 11) is 0. The molecule has 0 radical (unpaired) electrons. The van der Waals surface area contributed by atoms with Crippen molar-refractivity contribution in [2.24, 2.45) is 17.8 Å². The van der Waals surface area contributed by atoms with Crippen molar-refractivity contribution < 1.29 is 24.3 Å². The molecule has 3 fully saturated rings. The molecule has 8 heteroatoms. The first-order valence-electron chi connectivity index (χ1n) is 11.1. The zero-order chi connectivity index (χ0) is 22.0. The number of aliphatic carboxylic acids is 1. The summed E-state index contributed by atoms with van der Waals surface area (Å²) < 4.78 is 0. The van der Waals surface area contributed by atoms with E-state index in [0.29, 0.717) is 58.4 Å². The van der Waals surface area contributed by atoms with Crippen LogP contribution in [0.2, 0.25) is 0 Å². The lowest BCUT2D eigenvalue weighted by Gasteiger charge is -2.37. The quantitative estimate of drug-likeness (QED) is 0.787. The molecule has 3 aliphatic heterocycles. The second-order valence-corrected chi connectivity index (χ2v) is 8.78. The third-order valence-corrected chi connectivity index (χ3v) is 6.85. The van der Waals surface area contributed by atoms with E-state index in [0.717, 1.165) is 5.69 Å². The van der Waals surface area contributed by atoms with Gasteiger partial charge < -0.3 is 19.8 Å². The summed E-state index contributed by atoms with van der Waals surface area (Å²) in [5.74, 6) is -1.53. The van der Waals surface area contributed by atoms with E-state index < -0.39 is 5.97 Å². The molecule has 4 rings (SSSR count). The number of amides is 3. The molecule has 1 N–H and O–H groups in total. The SMILES string of the molecule is O=C(O)C1CCN(C(=O)C2CCN(C(=O)C3CC(=O)N(c4ccccc4)C3)CC2)CC1. The van der Waals surface area contributed by atoms with Crippen molar-refractivity contribution in [1.29, 1.82) is 0 Å². The predicted octanol–water partition coefficient (Wildman–Crippen LogP) is 1.60. The van der Waals surface area contributed by atoms with Gasteiger partial charge in [-0.1, -0.05) is 18.2 Å². The molecular formula is C23H29N3O5. The molecule has 0 aliphatic carbocycles. The topological polar surface area (TPSA) is 98.2 Å². The van der Waals surface area contributed by atoms with Gasteiger partial charge in [-0.2, -0.15) is 0 Å². The third kappa shape index (κ3) is 4.57. The van der Waals surface area contributed by atoms with E-state index in [9.17, 15) is 19.2 Å². The lowest BCUT2D eigenvalue weighted by molar-refractivity contribution is -0.147. The highest BCUT2D eigenvalue weighted by Gasteiger charge is 2.39. The maximum absolute atomic E-state index is 13.0. The minimum absolute atomic E-state index is 0.0000439. The zero-order valence-electron chi connectivity index (χ0n) is 17.6. The molecule has 1 atom stereocenters. The van der Waals surface area contributed by atoms with Crippen LogP contribution in [-0.4, -0.2) is 71.3 Å². The molecule has 3 aliphatic rings. The number of nitrogens with zero attached hydrogens (tertiary/aromatic N) is 3. The van der Waals surface area contributed by atoms with Crippen molar-refractivity contribution in [1.82, 2.24) is 9.80 Å². The Labute approximate surface area is 181 Å². The van der Waals surface area contributed by atoms with E-state index >= 15 is 0 Å². The molecule has 3 amide bonds. The molecule has 8 nitrogen and oxygen atoms in total. The minimum Gasteiger partial charge on any atom is -0.481 e. The number of carboxylic acids is 1. The van der Waals surface area contributed by atoms with Gasteiger partial charge in [0.25, 0.3) is 0 Å². The summed E-state index contributed by atoms with van der Waals surface area (Å²) in [6.07, 6.45) is 2.47. The van der Waals surface area contributed by atoms with Gasteiger partial charge in [0.05, 0.1) is 11.8 Å². The Morgan fingerprint density at radius 2 is 1.29 bits per heavy atom. The summed E-state index contributed by atoms with van der Waals surface area (Å²) >= 11 is 0. The number of anilines is 1. The van der Waals surface area contributed by atoms with E-state index in [1.807, 2.05) is 30.3 Å². The molecule has 3 heterocycles. The van der Waals surface area contributed by atoms with E-state index in [-0.39, 0.29) is 41.9 Å². The number of likely N-dealkylation sites (tertiary alicyclic amines) is 2. The molecule has 3 saturated heterocycles. The highest BCUT2D eigenvalue weighted by atomic mass is 16.4. The van der Waals surface area contributed by atoms with E-state index in [2.05, 4.69) is 0 Å². The zero-order valence-corrected chi connectivity index (χ0v) is 17.6. The van der Waals surface area contributed by atoms with Gasteiger partial charge in [0.15, 0.2) is 0 Å². The summed E-state index contributed by atoms with van der Waals surface area (Å²) in [6.45, 7) is 2.44. The largest absolute Gasteiger partial charge is 0.481 e. The fraction of sp³-hybridized carbons (Fsp3) is 0.565. The number of hydrogen-bond acceptors (Lipinski definition) is 4. The van der Waals surface area contributed by atoms with Gasteiger partial charge in [-0.25, -0.2) is 0 Å². The number of para-hydroxylation sites is 1. The molecular weight excluding hydrogens is 398 g/mol. The van der Waals surface area contributed by atoms with Crippen LogP contribution in [0.25, 0.3) is 0 Å². The fourth-order valence-corrected chi connectivity index (χ4v) is 4.94. The molecule has 1 unspecified atom stereocenters. The van der Waals surface area contributed by atoms with Gasteiger partial charge in [-0.15, -0.1) is 0 Å². The number of benzene rings is 1. The van der Waals surface area contributed by atoms with Crippen LogP contribution in [0.15, 0.2) is 30.3 Å². The van der Waals surface area contributed by atoms with Crippen LogP contribution < -0.4 is 4.90 Å². The molecule has 0 bridgehead atoms. The smallest absolute Gasteiger partial charge is 0.306 e. The van der Waals surface area contributed by atoms with Crippen molar-refractivity contribution >= 4 is 29.4 Å². The van der Waals surface area contributed by atoms with Crippen LogP contribution in [0.3, 0.4) is 0 Å². The lowest BCUT2D eigenvalue weighted by Crippen LogP contribution is -2.48. The molecule has 166 valence electrons. The molecule has 1 aromatic carbocycles. The van der Waals surface area contributed by atoms with Gasteiger partial charge in [-0.05, 0) is 37.8 Å². The Hall–Kier alpha value is -2.90. The maximum atomic E-state index is 13.0. The van der Waals surface area contributed by atoms with Crippen molar-refractivity contribution in [3.8, 4) is 0 Å². The number of rotatable bonds is 4. The van der Waals surface area contributed by atoms with Crippen molar-refractivity contribution in [2.75, 3.05) is 37.6 Å². The average molecular weight is 428 g/mol. The Morgan fingerprint density at radius 1 is 0.774 bits per heavy atom. The summed E-state index contributed by atoms with van der Waals surface area (Å²) in [5, 5.41) is 9.12. The second kappa shape index (κ2) is 9.08. The third-order valence-electron chi connectivity index (χ3n) is 6.85. The highest BCUT2D eigenvalue weighted by molar-refractivity contribution is 6.00. The molecule has 0 saturated carbocycles. The Bertz CT molecular complexity index is 842. The molecule has 0 aromatic heterocycles. The fourth-order valence-electron chi connectivity index (χ4n) is 4.94. The van der Waals surface area contributed by atoms with Crippen LogP contribution in [0.5, 0.6) is 0 Å². The van der Waals surface area contributed by atoms with Crippen LogP contribution in [0, 0.1) is 17.8 Å². The summed E-state index contributed by atoms with van der Waals surface area (Å²) in [5.41, 5.74) is 0.818. The summed E-state index contributed by atoms with van der Waals surface area (Å²) in [6, 6.07) is 9.40. The number of carbonyl (C=O) groups is 4. The number of hydrogen-bond donors (Lipinski definition) is 1. The number of carbonyl (C=O) groups excluding carboxylic acids is 3. The molecule has 0 spiro atoms.